The van der Waals surface area contributed by atoms with E-state index in [0.29, 0.717) is 0 Å². The number of carboxylic acid groups (broad SMARTS) is 1. The smallest absolute Gasteiger partial charge is 0.424 e. The quantitative estimate of drug-likeness (QED) is 0.533. The van der Waals surface area contributed by atoms with E-state index in [9.17, 15) is 37.4 Å². The van der Waals surface area contributed by atoms with Gasteiger partial charge in [0.2, 0.25) is 5.60 Å². The predicted octanol–water partition coefficient (Wildman–Crippen LogP) is 3.90. The van der Waals surface area contributed by atoms with Crippen molar-refractivity contribution in [2.75, 3.05) is 13.2 Å². The number of alkyl carbamates (subject to hydrolysis) is 1. The third-order valence-corrected chi connectivity index (χ3v) is 5.44. The number of pyridine rings is 1. The van der Waals surface area contributed by atoms with Crippen molar-refractivity contribution in [1.29, 1.82) is 0 Å². The summed E-state index contributed by atoms with van der Waals surface area (Å²) in [6.45, 7) is 4.00. The highest BCUT2D eigenvalue weighted by Crippen LogP contribution is 2.47. The summed E-state index contributed by atoms with van der Waals surface area (Å²) in [4.78, 5) is 27.9. The molecule has 1 aromatic heterocycles. The van der Waals surface area contributed by atoms with Crippen molar-refractivity contribution in [2.24, 2.45) is 0 Å². The summed E-state index contributed by atoms with van der Waals surface area (Å²) in [6, 6.07) is 5.34. The summed E-state index contributed by atoms with van der Waals surface area (Å²) >= 11 is 0. The SMILES string of the molecule is CC(C)(C)OC(=O)NCC(O)(c1cc2c(c(-c3ccc(F)cc3)n1)OC[C@]2(C)C(=O)O)C(F)(F)F. The summed E-state index contributed by atoms with van der Waals surface area (Å²) in [5, 5.41) is 22.5. The van der Waals surface area contributed by atoms with Gasteiger partial charge in [-0.2, -0.15) is 13.2 Å². The van der Waals surface area contributed by atoms with Gasteiger partial charge in [-0.25, -0.2) is 14.2 Å². The molecule has 190 valence electrons. The summed E-state index contributed by atoms with van der Waals surface area (Å²) in [6.07, 6.45) is -6.55. The predicted molar refractivity (Wildman–Crippen MR) is 114 cm³/mol. The number of nitrogens with one attached hydrogen (secondary N) is 1. The highest BCUT2D eigenvalue weighted by molar-refractivity contribution is 5.86. The molecule has 12 heteroatoms. The van der Waals surface area contributed by atoms with Gasteiger partial charge in [0.1, 0.15) is 34.9 Å². The van der Waals surface area contributed by atoms with E-state index in [4.69, 9.17) is 9.47 Å². The molecule has 35 heavy (non-hydrogen) atoms. The Labute approximate surface area is 197 Å². The molecule has 0 spiro atoms. The molecule has 1 aliphatic rings. The minimum Gasteiger partial charge on any atom is -0.489 e. The Balaban J connectivity index is 2.18. The van der Waals surface area contributed by atoms with E-state index in [1.54, 1.807) is 0 Å². The molecule has 1 aliphatic heterocycles. The average molecular weight is 500 g/mol. The van der Waals surface area contributed by atoms with Crippen molar-refractivity contribution in [2.45, 2.75) is 50.5 Å². The molecule has 0 radical (unpaired) electrons. The maximum absolute atomic E-state index is 14.2. The van der Waals surface area contributed by atoms with E-state index < -0.39 is 59.5 Å². The van der Waals surface area contributed by atoms with Crippen LogP contribution in [0.5, 0.6) is 5.75 Å². The molecule has 1 aromatic carbocycles. The van der Waals surface area contributed by atoms with Crippen LogP contribution in [0.2, 0.25) is 0 Å². The topological polar surface area (TPSA) is 118 Å². The number of benzene rings is 1. The maximum Gasteiger partial charge on any atom is 0.424 e. The second-order valence-electron chi connectivity index (χ2n) is 9.38. The van der Waals surface area contributed by atoms with Crippen LogP contribution >= 0.6 is 0 Å². The van der Waals surface area contributed by atoms with Crippen molar-refractivity contribution < 1.29 is 46.8 Å². The number of aliphatic carboxylic acids is 1. The van der Waals surface area contributed by atoms with E-state index in [1.807, 2.05) is 5.32 Å². The molecule has 0 bridgehead atoms. The first-order valence-corrected chi connectivity index (χ1v) is 10.4. The Morgan fingerprint density at radius 3 is 2.31 bits per heavy atom. The lowest BCUT2D eigenvalue weighted by molar-refractivity contribution is -0.265. The standard InChI is InChI=1S/C23H24F4N2O6/c1-20(2,3)35-19(32)28-10-22(33,23(25,26)27)15-9-14-17(34-11-21(14,4)18(30)31)16(29-15)12-5-7-13(24)8-6-12/h5-9,33H,10-11H2,1-4H3,(H,28,32)(H,30,31)/t21-,22?/m0/s1. The number of carbonyl (C=O) groups excluding carboxylic acids is 1. The second-order valence-corrected chi connectivity index (χ2v) is 9.38. The van der Waals surface area contributed by atoms with Gasteiger partial charge in [-0.3, -0.25) is 4.79 Å². The molecule has 0 aliphatic carbocycles. The number of carbonyl (C=O) groups is 2. The number of hydrogen-bond acceptors (Lipinski definition) is 6. The Morgan fingerprint density at radius 1 is 1.20 bits per heavy atom. The first kappa shape index (κ1) is 26.2. The first-order chi connectivity index (χ1) is 16.0. The monoisotopic (exact) mass is 500 g/mol. The highest BCUT2D eigenvalue weighted by atomic mass is 19.4. The van der Waals surface area contributed by atoms with Crippen LogP contribution in [0.25, 0.3) is 11.3 Å². The van der Waals surface area contributed by atoms with Crippen LogP contribution in [0.3, 0.4) is 0 Å². The van der Waals surface area contributed by atoms with Gasteiger partial charge < -0.3 is 25.0 Å². The normalized spacial score (nSPS) is 19.3. The summed E-state index contributed by atoms with van der Waals surface area (Å²) in [5.41, 5.74) is -7.72. The number of halogens is 4. The molecule has 1 unspecified atom stereocenters. The van der Waals surface area contributed by atoms with E-state index in [2.05, 4.69) is 4.98 Å². The van der Waals surface area contributed by atoms with Gasteiger partial charge in [0.05, 0.1) is 12.2 Å². The van der Waals surface area contributed by atoms with Gasteiger partial charge in [-0.15, -0.1) is 0 Å². The number of carboxylic acids is 1. The number of aliphatic hydroxyl groups is 1. The summed E-state index contributed by atoms with van der Waals surface area (Å²) < 4.78 is 66.5. The Hall–Kier alpha value is -3.41. The zero-order chi connectivity index (χ0) is 26.4. The van der Waals surface area contributed by atoms with Crippen LogP contribution in [0, 0.1) is 5.82 Å². The fourth-order valence-electron chi connectivity index (χ4n) is 3.43. The Morgan fingerprint density at radius 2 is 1.80 bits per heavy atom. The molecule has 1 amide bonds. The zero-order valence-corrected chi connectivity index (χ0v) is 19.3. The van der Waals surface area contributed by atoms with Crippen LogP contribution in [-0.4, -0.2) is 52.2 Å². The highest BCUT2D eigenvalue weighted by Gasteiger charge is 2.58. The van der Waals surface area contributed by atoms with Crippen LogP contribution in [0.15, 0.2) is 30.3 Å². The van der Waals surface area contributed by atoms with E-state index in [-0.39, 0.29) is 22.6 Å². The average Bonchev–Trinajstić information content (AvgIpc) is 3.08. The molecule has 2 aromatic rings. The van der Waals surface area contributed by atoms with Crippen molar-refractivity contribution in [3.63, 3.8) is 0 Å². The third kappa shape index (κ3) is 5.02. The van der Waals surface area contributed by atoms with Crippen molar-refractivity contribution in [3.8, 4) is 17.0 Å². The number of fused-ring (bicyclic) bond motifs is 1. The van der Waals surface area contributed by atoms with Gasteiger partial charge in [0.15, 0.2) is 0 Å². The molecule has 2 heterocycles. The second kappa shape index (κ2) is 8.67. The molecule has 2 atom stereocenters. The maximum atomic E-state index is 14.2. The number of hydrogen-bond donors (Lipinski definition) is 3. The van der Waals surface area contributed by atoms with Crippen LogP contribution in [0.4, 0.5) is 22.4 Å². The van der Waals surface area contributed by atoms with Crippen LogP contribution in [0.1, 0.15) is 39.0 Å². The van der Waals surface area contributed by atoms with Crippen molar-refractivity contribution in [1.82, 2.24) is 10.3 Å². The first-order valence-electron chi connectivity index (χ1n) is 10.4. The number of ether oxygens (including phenoxy) is 2. The van der Waals surface area contributed by atoms with Crippen molar-refractivity contribution in [3.05, 3.63) is 47.4 Å². The summed E-state index contributed by atoms with van der Waals surface area (Å²) in [7, 11) is 0. The molecule has 8 nitrogen and oxygen atoms in total. The molecule has 0 saturated heterocycles. The molecule has 3 N–H and O–H groups in total. The minimum atomic E-state index is -5.34. The van der Waals surface area contributed by atoms with E-state index in [1.165, 1.54) is 39.8 Å². The van der Waals surface area contributed by atoms with E-state index in [0.717, 1.165) is 18.2 Å². The molecule has 3 rings (SSSR count). The van der Waals surface area contributed by atoms with E-state index >= 15 is 0 Å². The lowest BCUT2D eigenvalue weighted by Crippen LogP contribution is -2.52. The Bertz CT molecular complexity index is 1150. The fourth-order valence-corrected chi connectivity index (χ4v) is 3.43. The number of alkyl halides is 3. The lowest BCUT2D eigenvalue weighted by Gasteiger charge is -2.31. The van der Waals surface area contributed by atoms with Gasteiger partial charge in [0.25, 0.3) is 0 Å². The van der Waals surface area contributed by atoms with Gasteiger partial charge >= 0.3 is 18.2 Å². The third-order valence-electron chi connectivity index (χ3n) is 5.44. The van der Waals surface area contributed by atoms with Gasteiger partial charge in [0, 0.05) is 11.1 Å². The molecule has 0 saturated carbocycles. The van der Waals surface area contributed by atoms with Crippen molar-refractivity contribution >= 4 is 12.1 Å². The lowest BCUT2D eigenvalue weighted by atomic mass is 9.82. The minimum absolute atomic E-state index is 0.102. The van der Waals surface area contributed by atoms with Crippen LogP contribution in [-0.2, 0) is 20.5 Å². The Kier molecular flexibility index (Phi) is 6.49. The van der Waals surface area contributed by atoms with Crippen LogP contribution < -0.4 is 10.1 Å². The largest absolute Gasteiger partial charge is 0.489 e. The number of nitrogens with zero attached hydrogens (tertiary/aromatic N) is 1. The van der Waals surface area contributed by atoms with Gasteiger partial charge in [-0.1, -0.05) is 0 Å². The molecular weight excluding hydrogens is 476 g/mol. The molecular formula is C23H24F4N2O6. The number of amides is 1. The summed E-state index contributed by atoms with van der Waals surface area (Å²) in [5.74, 6) is -2.10. The fraction of sp³-hybridized carbons (Fsp3) is 0.435. The zero-order valence-electron chi connectivity index (χ0n) is 19.3. The number of rotatable bonds is 5. The number of aromatic nitrogens is 1. The molecule has 0 fully saturated rings. The van der Waals surface area contributed by atoms with Gasteiger partial charge in [-0.05, 0) is 58.0 Å².